The Morgan fingerprint density at radius 2 is 1.55 bits per heavy atom. The van der Waals surface area contributed by atoms with Crippen LogP contribution in [0.1, 0.15) is 58.9 Å². The lowest BCUT2D eigenvalue weighted by atomic mass is 9.98. The van der Waals surface area contributed by atoms with Crippen molar-refractivity contribution in [1.29, 1.82) is 0 Å². The van der Waals surface area contributed by atoms with E-state index in [1.54, 1.807) is 0 Å². The molecule has 0 radical (unpaired) electrons. The Kier molecular flexibility index (Phi) is 6.56. The van der Waals surface area contributed by atoms with Gasteiger partial charge in [-0.1, -0.05) is 44.2 Å². The van der Waals surface area contributed by atoms with Crippen molar-refractivity contribution in [1.82, 2.24) is 9.80 Å². The molecule has 2 aliphatic rings. The molecule has 2 amide bonds. The molecule has 0 saturated carbocycles. The second-order valence-corrected chi connectivity index (χ2v) is 8.68. The zero-order valence-corrected chi connectivity index (χ0v) is 18.0. The second kappa shape index (κ2) is 8.93. The van der Waals surface area contributed by atoms with Crippen LogP contribution in [0, 0.1) is 5.92 Å². The summed E-state index contributed by atoms with van der Waals surface area (Å²) in [5.41, 5.74) is 2.71. The van der Waals surface area contributed by atoms with Gasteiger partial charge < -0.3 is 9.80 Å². The summed E-state index contributed by atoms with van der Waals surface area (Å²) < 4.78 is 0. The molecule has 1 aromatic rings. The van der Waals surface area contributed by atoms with Crippen LogP contribution >= 0.6 is 0 Å². The predicted octanol–water partition coefficient (Wildman–Crippen LogP) is 3.69. The Balaban J connectivity index is 1.72. The zero-order chi connectivity index (χ0) is 21.1. The topological polar surface area (TPSA) is 57.7 Å². The standard InChI is InChI=1S/C24H32N2O3/c1-16(2)14-23(28)25-12-13-26(18(4)17(25)3)24(29)15-21-20(10-11-22(21)27)19-8-6-5-7-9-19/h5-9,16-18H,10-15H2,1-4H3/t17-,18-/m1/s1. The molecule has 0 spiro atoms. The number of carbonyl (C=O) groups excluding carboxylic acids is 3. The molecule has 0 N–H and O–H groups in total. The van der Waals surface area contributed by atoms with E-state index in [4.69, 9.17) is 0 Å². The van der Waals surface area contributed by atoms with E-state index in [1.165, 1.54) is 0 Å². The summed E-state index contributed by atoms with van der Waals surface area (Å²) in [6.45, 7) is 9.18. The highest BCUT2D eigenvalue weighted by molar-refractivity contribution is 6.10. The number of rotatable bonds is 5. The number of allylic oxidation sites excluding steroid dienone is 1. The fraction of sp³-hybridized carbons (Fsp3) is 0.542. The number of nitrogens with zero attached hydrogens (tertiary/aromatic N) is 2. The van der Waals surface area contributed by atoms with E-state index in [9.17, 15) is 14.4 Å². The summed E-state index contributed by atoms with van der Waals surface area (Å²) in [5.74, 6) is 0.551. The fourth-order valence-corrected chi connectivity index (χ4v) is 4.44. The number of hydrogen-bond acceptors (Lipinski definition) is 3. The highest BCUT2D eigenvalue weighted by atomic mass is 16.2. The maximum Gasteiger partial charge on any atom is 0.227 e. The molecule has 1 heterocycles. The van der Waals surface area contributed by atoms with Crippen molar-refractivity contribution < 1.29 is 14.4 Å². The lowest BCUT2D eigenvalue weighted by molar-refractivity contribution is -0.146. The number of Topliss-reactive ketones (excluding diaryl/α,β-unsaturated/α-hetero) is 1. The van der Waals surface area contributed by atoms with Crippen molar-refractivity contribution >= 4 is 23.2 Å². The minimum Gasteiger partial charge on any atom is -0.336 e. The molecule has 156 valence electrons. The number of amides is 2. The number of benzene rings is 1. The summed E-state index contributed by atoms with van der Waals surface area (Å²) in [6.07, 6.45) is 1.87. The first kappa shape index (κ1) is 21.3. The third kappa shape index (κ3) is 4.60. The minimum absolute atomic E-state index is 0.0148. The van der Waals surface area contributed by atoms with Gasteiger partial charge in [-0.15, -0.1) is 0 Å². The van der Waals surface area contributed by atoms with Crippen LogP contribution in [0.5, 0.6) is 0 Å². The summed E-state index contributed by atoms with van der Waals surface area (Å²) >= 11 is 0. The van der Waals surface area contributed by atoms with Gasteiger partial charge in [-0.05, 0) is 37.3 Å². The van der Waals surface area contributed by atoms with E-state index in [-0.39, 0.29) is 36.1 Å². The minimum atomic E-state index is -0.0651. The molecule has 0 bridgehead atoms. The molecule has 5 nitrogen and oxygen atoms in total. The van der Waals surface area contributed by atoms with Crippen molar-refractivity contribution in [2.75, 3.05) is 13.1 Å². The first-order valence-corrected chi connectivity index (χ1v) is 10.7. The lowest BCUT2D eigenvalue weighted by Gasteiger charge is -2.45. The van der Waals surface area contributed by atoms with E-state index >= 15 is 0 Å². The number of hydrogen-bond donors (Lipinski definition) is 0. The predicted molar refractivity (Wildman–Crippen MR) is 114 cm³/mol. The van der Waals surface area contributed by atoms with Gasteiger partial charge in [0, 0.05) is 43.6 Å². The molecular weight excluding hydrogens is 364 g/mol. The average molecular weight is 397 g/mol. The fourth-order valence-electron chi connectivity index (χ4n) is 4.44. The van der Waals surface area contributed by atoms with Gasteiger partial charge in [-0.25, -0.2) is 0 Å². The monoisotopic (exact) mass is 396 g/mol. The Bertz CT molecular complexity index is 813. The van der Waals surface area contributed by atoms with Crippen LogP contribution in [-0.2, 0) is 14.4 Å². The first-order chi connectivity index (χ1) is 13.8. The van der Waals surface area contributed by atoms with Gasteiger partial charge >= 0.3 is 0 Å². The number of ketones is 1. The van der Waals surface area contributed by atoms with Crippen LogP contribution in [0.2, 0.25) is 0 Å². The molecule has 1 aliphatic carbocycles. The molecule has 1 saturated heterocycles. The van der Waals surface area contributed by atoms with Gasteiger partial charge in [-0.2, -0.15) is 0 Å². The third-order valence-corrected chi connectivity index (χ3v) is 6.24. The molecule has 0 aromatic heterocycles. The Hall–Kier alpha value is -2.43. The zero-order valence-electron chi connectivity index (χ0n) is 18.0. The van der Waals surface area contributed by atoms with Crippen LogP contribution in [0.4, 0.5) is 0 Å². The van der Waals surface area contributed by atoms with Crippen molar-refractivity contribution in [3.63, 3.8) is 0 Å². The summed E-state index contributed by atoms with van der Waals surface area (Å²) in [6, 6.07) is 9.79. The highest BCUT2D eigenvalue weighted by Crippen LogP contribution is 2.34. The van der Waals surface area contributed by atoms with Gasteiger partial charge in [0.1, 0.15) is 0 Å². The quantitative estimate of drug-likeness (QED) is 0.763. The molecular formula is C24H32N2O3. The highest BCUT2D eigenvalue weighted by Gasteiger charge is 2.37. The van der Waals surface area contributed by atoms with Crippen LogP contribution in [-0.4, -0.2) is 52.6 Å². The van der Waals surface area contributed by atoms with E-state index in [0.29, 0.717) is 43.8 Å². The third-order valence-electron chi connectivity index (χ3n) is 6.24. The van der Waals surface area contributed by atoms with Crippen molar-refractivity contribution in [2.45, 2.75) is 65.5 Å². The van der Waals surface area contributed by atoms with Crippen molar-refractivity contribution in [3.8, 4) is 0 Å². The molecule has 0 unspecified atom stereocenters. The molecule has 1 aliphatic heterocycles. The molecule has 29 heavy (non-hydrogen) atoms. The van der Waals surface area contributed by atoms with Crippen molar-refractivity contribution in [2.24, 2.45) is 5.92 Å². The van der Waals surface area contributed by atoms with Gasteiger partial charge in [0.15, 0.2) is 5.78 Å². The van der Waals surface area contributed by atoms with Crippen LogP contribution in [0.15, 0.2) is 35.9 Å². The number of piperazine rings is 1. The Morgan fingerprint density at radius 1 is 0.966 bits per heavy atom. The molecule has 2 atom stereocenters. The Labute approximate surface area is 173 Å². The van der Waals surface area contributed by atoms with Crippen molar-refractivity contribution in [3.05, 3.63) is 41.5 Å². The van der Waals surface area contributed by atoms with Gasteiger partial charge in [0.25, 0.3) is 0 Å². The summed E-state index contributed by atoms with van der Waals surface area (Å²) in [5, 5.41) is 0. The van der Waals surface area contributed by atoms with E-state index in [1.807, 2.05) is 67.8 Å². The van der Waals surface area contributed by atoms with Crippen LogP contribution < -0.4 is 0 Å². The maximum absolute atomic E-state index is 13.1. The summed E-state index contributed by atoms with van der Waals surface area (Å²) in [4.78, 5) is 41.9. The second-order valence-electron chi connectivity index (χ2n) is 8.68. The first-order valence-electron chi connectivity index (χ1n) is 10.7. The largest absolute Gasteiger partial charge is 0.336 e. The normalized spacial score (nSPS) is 22.6. The van der Waals surface area contributed by atoms with Crippen LogP contribution in [0.25, 0.3) is 5.57 Å². The van der Waals surface area contributed by atoms with Gasteiger partial charge in [0.2, 0.25) is 11.8 Å². The van der Waals surface area contributed by atoms with Gasteiger partial charge in [0.05, 0.1) is 6.42 Å². The lowest BCUT2D eigenvalue weighted by Crippen LogP contribution is -2.60. The molecule has 3 rings (SSSR count). The molecule has 1 fully saturated rings. The van der Waals surface area contributed by atoms with Gasteiger partial charge in [-0.3, -0.25) is 14.4 Å². The molecule has 5 heteroatoms. The maximum atomic E-state index is 13.1. The average Bonchev–Trinajstić information content (AvgIpc) is 3.04. The number of carbonyl (C=O) groups is 3. The molecule has 1 aromatic carbocycles. The van der Waals surface area contributed by atoms with E-state index in [0.717, 1.165) is 11.1 Å². The van der Waals surface area contributed by atoms with E-state index in [2.05, 4.69) is 0 Å². The smallest absolute Gasteiger partial charge is 0.227 e. The Morgan fingerprint density at radius 3 is 2.14 bits per heavy atom. The summed E-state index contributed by atoms with van der Waals surface area (Å²) in [7, 11) is 0. The van der Waals surface area contributed by atoms with Crippen LogP contribution in [0.3, 0.4) is 0 Å². The SMILES string of the molecule is CC(C)CC(=O)N1CCN(C(=O)CC2=C(c3ccccc3)CCC2=O)[C@H](C)[C@H]1C. The van der Waals surface area contributed by atoms with E-state index < -0.39 is 0 Å².